The molecule has 8 heteroatoms. The zero-order valence-electron chi connectivity index (χ0n) is 14.8. The molecule has 2 aliphatic rings. The van der Waals surface area contributed by atoms with E-state index in [9.17, 15) is 4.79 Å². The van der Waals surface area contributed by atoms with Gasteiger partial charge in [0, 0.05) is 23.2 Å². The zero-order chi connectivity index (χ0) is 19.0. The van der Waals surface area contributed by atoms with Gasteiger partial charge in [-0.15, -0.1) is 11.3 Å². The lowest BCUT2D eigenvalue weighted by Gasteiger charge is -2.33. The van der Waals surface area contributed by atoms with Crippen LogP contribution < -0.4 is 16.2 Å². The summed E-state index contributed by atoms with van der Waals surface area (Å²) in [5.41, 5.74) is 8.37. The van der Waals surface area contributed by atoms with Crippen LogP contribution in [0.3, 0.4) is 0 Å². The number of fused-ring (bicyclic) bond motifs is 1. The molecule has 4 rings (SSSR count). The average Bonchev–Trinajstić information content (AvgIpc) is 3.27. The summed E-state index contributed by atoms with van der Waals surface area (Å²) in [5.74, 6) is 0.226. The highest BCUT2D eigenvalue weighted by atomic mass is 35.5. The Kier molecular flexibility index (Phi) is 5.15. The Labute approximate surface area is 166 Å². The summed E-state index contributed by atoms with van der Waals surface area (Å²) in [6, 6.07) is 8.46. The van der Waals surface area contributed by atoms with Gasteiger partial charge in [0.25, 0.3) is 5.91 Å². The minimum atomic E-state index is -0.171. The number of halogens is 1. The molecule has 0 radical (unpaired) electrons. The minimum absolute atomic E-state index is 0.107. The van der Waals surface area contributed by atoms with Gasteiger partial charge in [0.2, 0.25) is 0 Å². The van der Waals surface area contributed by atoms with Crippen LogP contribution in [0, 0.1) is 24.2 Å². The van der Waals surface area contributed by atoms with E-state index in [1.165, 1.54) is 11.1 Å². The predicted molar refractivity (Wildman–Crippen MR) is 104 cm³/mol. The Morgan fingerprint density at radius 2 is 2.26 bits per heavy atom. The van der Waals surface area contributed by atoms with E-state index in [-0.39, 0.29) is 18.0 Å². The Morgan fingerprint density at radius 3 is 2.96 bits per heavy atom. The normalized spacial score (nSPS) is 27.0. The first-order valence-corrected chi connectivity index (χ1v) is 10.2. The Hall–Kier alpha value is -1.98. The first-order valence-electron chi connectivity index (χ1n) is 8.99. The molecule has 3 N–H and O–H groups in total. The van der Waals surface area contributed by atoms with Gasteiger partial charge >= 0.3 is 0 Å². The van der Waals surface area contributed by atoms with Gasteiger partial charge in [-0.05, 0) is 55.9 Å². The number of aryl methyl sites for hydroxylation is 1. The zero-order valence-corrected chi connectivity index (χ0v) is 16.4. The molecule has 2 aromatic heterocycles. The van der Waals surface area contributed by atoms with E-state index in [4.69, 9.17) is 16.9 Å². The van der Waals surface area contributed by atoms with Gasteiger partial charge in [0.15, 0.2) is 0 Å². The van der Waals surface area contributed by atoms with Gasteiger partial charge in [-0.2, -0.15) is 5.26 Å². The second kappa shape index (κ2) is 7.56. The van der Waals surface area contributed by atoms with E-state index >= 15 is 0 Å². The quantitative estimate of drug-likeness (QED) is 0.735. The van der Waals surface area contributed by atoms with Crippen LogP contribution in [0.5, 0.6) is 0 Å². The van der Waals surface area contributed by atoms with E-state index in [0.717, 1.165) is 29.2 Å². The molecule has 0 bridgehead atoms. The fourth-order valence-electron chi connectivity index (χ4n) is 4.09. The number of pyridine rings is 1. The maximum atomic E-state index is 12.7. The topological polar surface area (TPSA) is 89.8 Å². The number of carbonyl (C=O) groups is 1. The Balaban J connectivity index is 1.45. The van der Waals surface area contributed by atoms with Gasteiger partial charge < -0.3 is 5.32 Å². The van der Waals surface area contributed by atoms with Crippen molar-refractivity contribution < 1.29 is 4.79 Å². The van der Waals surface area contributed by atoms with Crippen molar-refractivity contribution in [3.63, 3.8) is 0 Å². The third-order valence-electron chi connectivity index (χ3n) is 5.41. The van der Waals surface area contributed by atoms with Crippen LogP contribution in [0.2, 0.25) is 4.34 Å². The largest absolute Gasteiger partial charge is 0.348 e. The fourth-order valence-corrected chi connectivity index (χ4v) is 5.28. The van der Waals surface area contributed by atoms with Crippen LogP contribution in [0.1, 0.15) is 51.8 Å². The molecule has 6 nitrogen and oxygen atoms in total. The lowest BCUT2D eigenvalue weighted by Crippen LogP contribution is -2.44. The standard InChI is InChI=1S/C19H20ClN5OS/c1-10-6-11(8-21)9-22-17(10)19(26)23-12-2-3-14-13(7-12)18(25-24-14)15-4-5-16(20)27-15/h4-6,9,12-14,18,24-25H,2-3,7H2,1H3,(H,23,26). The summed E-state index contributed by atoms with van der Waals surface area (Å²) in [6.45, 7) is 1.81. The number of amides is 1. The number of nitrogens with zero attached hydrogens (tertiary/aromatic N) is 2. The molecular weight excluding hydrogens is 382 g/mol. The minimum Gasteiger partial charge on any atom is -0.348 e. The van der Waals surface area contributed by atoms with Gasteiger partial charge in [0.05, 0.1) is 15.9 Å². The first-order chi connectivity index (χ1) is 13.0. The van der Waals surface area contributed by atoms with Crippen molar-refractivity contribution in [2.45, 2.75) is 44.3 Å². The van der Waals surface area contributed by atoms with Gasteiger partial charge in [-0.3, -0.25) is 10.2 Å². The lowest BCUT2D eigenvalue weighted by molar-refractivity contribution is 0.0909. The molecule has 1 saturated carbocycles. The second-order valence-electron chi connectivity index (χ2n) is 7.16. The van der Waals surface area contributed by atoms with Crippen molar-refractivity contribution in [1.29, 1.82) is 5.26 Å². The molecule has 2 aromatic rings. The van der Waals surface area contributed by atoms with Gasteiger partial charge in [-0.25, -0.2) is 10.4 Å². The van der Waals surface area contributed by atoms with Crippen LogP contribution >= 0.6 is 22.9 Å². The van der Waals surface area contributed by atoms with Gasteiger partial charge in [0.1, 0.15) is 11.8 Å². The van der Waals surface area contributed by atoms with E-state index in [2.05, 4.69) is 27.2 Å². The number of rotatable bonds is 3. The van der Waals surface area contributed by atoms with E-state index in [1.807, 2.05) is 12.1 Å². The molecule has 27 heavy (non-hydrogen) atoms. The third-order valence-corrected chi connectivity index (χ3v) is 6.72. The van der Waals surface area contributed by atoms with Crippen LogP contribution in [0.4, 0.5) is 0 Å². The SMILES string of the molecule is Cc1cc(C#N)cnc1C(=O)NC1CCC2NNC(c3ccc(Cl)s3)C2C1. The fraction of sp³-hybridized carbons (Fsp3) is 0.421. The van der Waals surface area contributed by atoms with Crippen molar-refractivity contribution in [3.8, 4) is 6.07 Å². The summed E-state index contributed by atoms with van der Waals surface area (Å²) in [6.07, 6.45) is 4.26. The highest BCUT2D eigenvalue weighted by molar-refractivity contribution is 7.16. The molecule has 4 atom stereocenters. The molecule has 4 unspecified atom stereocenters. The van der Waals surface area contributed by atoms with Crippen molar-refractivity contribution in [1.82, 2.24) is 21.2 Å². The lowest BCUT2D eigenvalue weighted by atomic mass is 9.78. The van der Waals surface area contributed by atoms with Crippen LogP contribution in [0.25, 0.3) is 0 Å². The maximum absolute atomic E-state index is 12.7. The summed E-state index contributed by atoms with van der Waals surface area (Å²) >= 11 is 7.70. The number of hydrogen-bond donors (Lipinski definition) is 3. The van der Waals surface area contributed by atoms with Crippen molar-refractivity contribution >= 4 is 28.8 Å². The predicted octanol–water partition coefficient (Wildman–Crippen LogP) is 3.09. The second-order valence-corrected chi connectivity index (χ2v) is 8.91. The summed E-state index contributed by atoms with van der Waals surface area (Å²) in [5, 5.41) is 12.1. The van der Waals surface area contributed by atoms with E-state index < -0.39 is 0 Å². The number of thiophene rings is 1. The molecule has 1 saturated heterocycles. The summed E-state index contributed by atoms with van der Waals surface area (Å²) in [7, 11) is 0. The molecular formula is C19H20ClN5OS. The summed E-state index contributed by atoms with van der Waals surface area (Å²) in [4.78, 5) is 18.1. The summed E-state index contributed by atoms with van der Waals surface area (Å²) < 4.78 is 0.790. The highest BCUT2D eigenvalue weighted by Gasteiger charge is 2.42. The molecule has 1 aliphatic heterocycles. The number of nitrogens with one attached hydrogen (secondary N) is 3. The number of hydrogen-bond acceptors (Lipinski definition) is 6. The van der Waals surface area contributed by atoms with Crippen molar-refractivity contribution in [2.75, 3.05) is 0 Å². The molecule has 0 aromatic carbocycles. The van der Waals surface area contributed by atoms with Crippen molar-refractivity contribution in [2.24, 2.45) is 5.92 Å². The maximum Gasteiger partial charge on any atom is 0.270 e. The Morgan fingerprint density at radius 1 is 1.41 bits per heavy atom. The van der Waals surface area contributed by atoms with Crippen molar-refractivity contribution in [3.05, 3.63) is 50.4 Å². The van der Waals surface area contributed by atoms with Crippen LogP contribution in [-0.2, 0) is 0 Å². The van der Waals surface area contributed by atoms with Crippen LogP contribution in [-0.4, -0.2) is 23.0 Å². The number of carbonyl (C=O) groups excluding carboxylic acids is 1. The van der Waals surface area contributed by atoms with Gasteiger partial charge in [-0.1, -0.05) is 11.6 Å². The molecule has 1 amide bonds. The molecule has 3 heterocycles. The molecule has 0 spiro atoms. The van der Waals surface area contributed by atoms with E-state index in [0.29, 0.717) is 23.2 Å². The van der Waals surface area contributed by atoms with E-state index in [1.54, 1.807) is 24.3 Å². The Bertz CT molecular complexity index is 908. The molecule has 140 valence electrons. The van der Waals surface area contributed by atoms with Crippen LogP contribution in [0.15, 0.2) is 24.4 Å². The smallest absolute Gasteiger partial charge is 0.270 e. The third kappa shape index (κ3) is 3.71. The number of hydrazine groups is 1. The molecule has 2 fully saturated rings. The first kappa shape index (κ1) is 18.4. The average molecular weight is 402 g/mol. The number of aromatic nitrogens is 1. The monoisotopic (exact) mass is 401 g/mol. The number of nitriles is 1. The molecule has 1 aliphatic carbocycles. The highest BCUT2D eigenvalue weighted by Crippen LogP contribution is 2.41.